The molecular weight excluding hydrogens is 238 g/mol. The Morgan fingerprint density at radius 2 is 2.39 bits per heavy atom. The largest absolute Gasteiger partial charge is 0.463 e. The van der Waals surface area contributed by atoms with E-state index in [2.05, 4.69) is 5.10 Å². The Kier molecular flexibility index (Phi) is 3.22. The Hall–Kier alpha value is -2.05. The first-order chi connectivity index (χ1) is 8.54. The van der Waals surface area contributed by atoms with Gasteiger partial charge in [-0.15, -0.1) is 0 Å². The number of nitrogens with zero attached hydrogens (tertiary/aromatic N) is 2. The van der Waals surface area contributed by atoms with Gasteiger partial charge in [-0.2, -0.15) is 5.10 Å². The molecule has 2 N–H and O–H groups in total. The summed E-state index contributed by atoms with van der Waals surface area (Å²) in [6, 6.07) is 0. The summed E-state index contributed by atoms with van der Waals surface area (Å²) in [5.74, 6) is -1.15. The number of nitrogens with two attached hydrogens (primary N) is 1. The molecule has 0 bridgehead atoms. The van der Waals surface area contributed by atoms with Crippen LogP contribution in [-0.4, -0.2) is 34.4 Å². The van der Waals surface area contributed by atoms with Gasteiger partial charge in [-0.05, 0) is 13.8 Å². The Labute approximate surface area is 104 Å². The van der Waals surface area contributed by atoms with E-state index in [1.807, 2.05) is 6.92 Å². The average molecular weight is 253 g/mol. The van der Waals surface area contributed by atoms with E-state index in [1.165, 1.54) is 4.68 Å². The van der Waals surface area contributed by atoms with E-state index in [0.717, 1.165) is 0 Å². The summed E-state index contributed by atoms with van der Waals surface area (Å²) in [6.07, 6.45) is -0.457. The van der Waals surface area contributed by atoms with Crippen LogP contribution < -0.4 is 5.73 Å². The number of hydrogen-bond acceptors (Lipinski definition) is 6. The maximum absolute atomic E-state index is 12.0. The molecule has 1 aromatic heterocycles. The van der Waals surface area contributed by atoms with Gasteiger partial charge in [-0.3, -0.25) is 4.68 Å². The van der Waals surface area contributed by atoms with E-state index < -0.39 is 18.0 Å². The normalized spacial score (nSPS) is 18.8. The molecule has 0 radical (unpaired) electrons. The molecule has 1 aromatic rings. The second-order valence-corrected chi connectivity index (χ2v) is 4.01. The molecule has 1 unspecified atom stereocenters. The molecule has 1 atom stereocenters. The third-order valence-corrected chi connectivity index (χ3v) is 2.80. The molecule has 18 heavy (non-hydrogen) atoms. The molecule has 0 amide bonds. The fourth-order valence-electron chi connectivity index (χ4n) is 1.81. The van der Waals surface area contributed by atoms with Crippen LogP contribution in [0.25, 0.3) is 0 Å². The Morgan fingerprint density at radius 3 is 2.94 bits per heavy atom. The third kappa shape index (κ3) is 2.03. The second-order valence-electron chi connectivity index (χ2n) is 4.01. The molecular formula is C11H15N3O4. The van der Waals surface area contributed by atoms with Crippen molar-refractivity contribution in [2.45, 2.75) is 32.9 Å². The number of cyclic esters (lactones) is 1. The molecule has 0 saturated carbocycles. The van der Waals surface area contributed by atoms with Gasteiger partial charge in [0.1, 0.15) is 0 Å². The van der Waals surface area contributed by atoms with Crippen molar-refractivity contribution in [3.8, 4) is 0 Å². The predicted molar refractivity (Wildman–Crippen MR) is 61.8 cm³/mol. The molecule has 1 aliphatic rings. The first kappa shape index (κ1) is 12.4. The number of aryl methyl sites for hydroxylation is 2. The van der Waals surface area contributed by atoms with E-state index in [9.17, 15) is 9.59 Å². The van der Waals surface area contributed by atoms with Crippen LogP contribution in [0.15, 0.2) is 0 Å². The highest BCUT2D eigenvalue weighted by Crippen LogP contribution is 2.20. The minimum Gasteiger partial charge on any atom is -0.463 e. The molecule has 0 aromatic carbocycles. The fourth-order valence-corrected chi connectivity index (χ4v) is 1.81. The maximum atomic E-state index is 12.0. The number of ether oxygens (including phenoxy) is 2. The maximum Gasteiger partial charge on any atom is 0.359 e. The highest BCUT2D eigenvalue weighted by Gasteiger charge is 2.32. The van der Waals surface area contributed by atoms with Crippen molar-refractivity contribution in [3.63, 3.8) is 0 Å². The zero-order valence-electron chi connectivity index (χ0n) is 10.3. The number of carbonyl (C=O) groups is 2. The van der Waals surface area contributed by atoms with Gasteiger partial charge in [0.15, 0.2) is 5.69 Å². The van der Waals surface area contributed by atoms with Crippen molar-refractivity contribution in [3.05, 3.63) is 11.4 Å². The van der Waals surface area contributed by atoms with Gasteiger partial charge in [-0.1, -0.05) is 0 Å². The van der Waals surface area contributed by atoms with Crippen LogP contribution in [0.4, 0.5) is 5.69 Å². The summed E-state index contributed by atoms with van der Waals surface area (Å²) in [4.78, 5) is 23.2. The topological polar surface area (TPSA) is 96.4 Å². The van der Waals surface area contributed by atoms with E-state index >= 15 is 0 Å². The highest BCUT2D eigenvalue weighted by molar-refractivity contribution is 5.95. The minimum atomic E-state index is -0.836. The molecule has 7 nitrogen and oxygen atoms in total. The average Bonchev–Trinajstić information content (AvgIpc) is 2.85. The lowest BCUT2D eigenvalue weighted by Crippen LogP contribution is -2.25. The summed E-state index contributed by atoms with van der Waals surface area (Å²) < 4.78 is 11.3. The van der Waals surface area contributed by atoms with Crippen molar-refractivity contribution >= 4 is 17.6 Å². The zero-order valence-corrected chi connectivity index (χ0v) is 10.3. The number of esters is 2. The van der Waals surface area contributed by atoms with Gasteiger partial charge in [0.2, 0.25) is 6.10 Å². The lowest BCUT2D eigenvalue weighted by Gasteiger charge is -2.09. The summed E-state index contributed by atoms with van der Waals surface area (Å²) in [5.41, 5.74) is 6.83. The lowest BCUT2D eigenvalue weighted by molar-refractivity contribution is -0.145. The number of anilines is 1. The first-order valence-electron chi connectivity index (χ1n) is 5.75. The van der Waals surface area contributed by atoms with Crippen LogP contribution >= 0.6 is 0 Å². The van der Waals surface area contributed by atoms with Crippen molar-refractivity contribution in [1.82, 2.24) is 9.78 Å². The van der Waals surface area contributed by atoms with Crippen LogP contribution in [0.3, 0.4) is 0 Å². The summed E-state index contributed by atoms with van der Waals surface area (Å²) in [6.45, 7) is 4.32. The summed E-state index contributed by atoms with van der Waals surface area (Å²) in [7, 11) is 0. The standard InChI is InChI=1S/C11H15N3O4/c1-3-14-9(8(12)6(2)13-14)11(16)18-7-4-5-17-10(7)15/h7H,3-5,12H2,1-2H3. The molecule has 1 aliphatic heterocycles. The zero-order chi connectivity index (χ0) is 13.3. The van der Waals surface area contributed by atoms with Crippen LogP contribution in [-0.2, 0) is 20.8 Å². The smallest absolute Gasteiger partial charge is 0.359 e. The highest BCUT2D eigenvalue weighted by atomic mass is 16.6. The van der Waals surface area contributed by atoms with Gasteiger partial charge in [-0.25, -0.2) is 9.59 Å². The lowest BCUT2D eigenvalue weighted by atomic mass is 10.3. The van der Waals surface area contributed by atoms with Crippen LogP contribution in [0.1, 0.15) is 29.5 Å². The van der Waals surface area contributed by atoms with Crippen molar-refractivity contribution < 1.29 is 19.1 Å². The van der Waals surface area contributed by atoms with E-state index in [1.54, 1.807) is 6.92 Å². The van der Waals surface area contributed by atoms with Crippen molar-refractivity contribution in [1.29, 1.82) is 0 Å². The van der Waals surface area contributed by atoms with E-state index in [0.29, 0.717) is 18.7 Å². The molecule has 0 aliphatic carbocycles. The number of rotatable bonds is 3. The molecule has 98 valence electrons. The Morgan fingerprint density at radius 1 is 1.67 bits per heavy atom. The number of hydrogen-bond donors (Lipinski definition) is 1. The van der Waals surface area contributed by atoms with Gasteiger partial charge in [0, 0.05) is 13.0 Å². The molecule has 2 heterocycles. The van der Waals surface area contributed by atoms with Crippen LogP contribution in [0.5, 0.6) is 0 Å². The SMILES string of the molecule is CCn1nc(C)c(N)c1C(=O)OC1CCOC1=O. The number of aromatic nitrogens is 2. The monoisotopic (exact) mass is 253 g/mol. The molecule has 0 spiro atoms. The summed E-state index contributed by atoms with van der Waals surface area (Å²) in [5, 5.41) is 4.12. The molecule has 1 saturated heterocycles. The first-order valence-corrected chi connectivity index (χ1v) is 5.75. The van der Waals surface area contributed by atoms with Crippen molar-refractivity contribution in [2.24, 2.45) is 0 Å². The molecule has 1 fully saturated rings. The number of nitrogen functional groups attached to an aromatic ring is 1. The molecule has 7 heteroatoms. The van der Waals surface area contributed by atoms with Crippen LogP contribution in [0, 0.1) is 6.92 Å². The quantitative estimate of drug-likeness (QED) is 0.776. The molecule has 2 rings (SSSR count). The van der Waals surface area contributed by atoms with E-state index in [4.69, 9.17) is 15.2 Å². The van der Waals surface area contributed by atoms with Gasteiger partial charge in [0.25, 0.3) is 0 Å². The minimum absolute atomic E-state index is 0.190. The fraction of sp³-hybridized carbons (Fsp3) is 0.545. The van der Waals surface area contributed by atoms with Gasteiger partial charge in [0.05, 0.1) is 18.0 Å². The Bertz CT molecular complexity index is 495. The van der Waals surface area contributed by atoms with Gasteiger partial charge >= 0.3 is 11.9 Å². The van der Waals surface area contributed by atoms with Crippen LogP contribution in [0.2, 0.25) is 0 Å². The predicted octanol–water partition coefficient (Wildman–Crippen LogP) is 0.266. The number of carbonyl (C=O) groups excluding carboxylic acids is 2. The summed E-state index contributed by atoms with van der Waals surface area (Å²) >= 11 is 0. The second kappa shape index (κ2) is 4.67. The van der Waals surface area contributed by atoms with Gasteiger partial charge < -0.3 is 15.2 Å². The third-order valence-electron chi connectivity index (χ3n) is 2.80. The van der Waals surface area contributed by atoms with Crippen molar-refractivity contribution in [2.75, 3.05) is 12.3 Å². The Balaban J connectivity index is 2.20. The van der Waals surface area contributed by atoms with E-state index in [-0.39, 0.29) is 18.0 Å².